The Kier molecular flexibility index (Phi) is 5.27. The molecule has 1 unspecified atom stereocenters. The van der Waals surface area contributed by atoms with Gasteiger partial charge in [0.1, 0.15) is 5.56 Å². The summed E-state index contributed by atoms with van der Waals surface area (Å²) < 4.78 is 0. The molecule has 1 aromatic rings. The third kappa shape index (κ3) is 3.80. The van der Waals surface area contributed by atoms with E-state index in [1.807, 2.05) is 6.92 Å². The van der Waals surface area contributed by atoms with Crippen LogP contribution in [0.25, 0.3) is 0 Å². The van der Waals surface area contributed by atoms with Gasteiger partial charge in [0.25, 0.3) is 11.6 Å². The molecule has 0 fully saturated rings. The molecule has 0 N–H and O–H groups in total. The van der Waals surface area contributed by atoms with Gasteiger partial charge in [0.15, 0.2) is 0 Å². The van der Waals surface area contributed by atoms with Crippen LogP contribution in [-0.4, -0.2) is 34.2 Å². The van der Waals surface area contributed by atoms with Crippen LogP contribution in [0.15, 0.2) is 24.3 Å². The normalized spacial score (nSPS) is 11.9. The molecule has 0 saturated heterocycles. The van der Waals surface area contributed by atoms with Crippen LogP contribution in [-0.2, 0) is 0 Å². The SMILES string of the molecule is CC(Br)CCN(C)C(=O)c1ccccc1[N+](=O)[O-]. The van der Waals surface area contributed by atoms with Crippen molar-refractivity contribution in [3.63, 3.8) is 0 Å². The van der Waals surface area contributed by atoms with Crippen LogP contribution in [0, 0.1) is 10.1 Å². The predicted octanol–water partition coefficient (Wildman–Crippen LogP) is 2.84. The number of hydrogen-bond acceptors (Lipinski definition) is 3. The minimum atomic E-state index is -0.534. The van der Waals surface area contributed by atoms with Gasteiger partial charge in [0.05, 0.1) is 4.92 Å². The average Bonchev–Trinajstić information content (AvgIpc) is 2.34. The van der Waals surface area contributed by atoms with Crippen molar-refractivity contribution < 1.29 is 9.72 Å². The zero-order valence-electron chi connectivity index (χ0n) is 10.3. The minimum absolute atomic E-state index is 0.132. The Balaban J connectivity index is 2.86. The number of halogens is 1. The van der Waals surface area contributed by atoms with Crippen LogP contribution in [0.2, 0.25) is 0 Å². The van der Waals surface area contributed by atoms with Crippen LogP contribution in [0.1, 0.15) is 23.7 Å². The maximum atomic E-state index is 12.1. The van der Waals surface area contributed by atoms with E-state index >= 15 is 0 Å². The first kappa shape index (κ1) is 14.6. The molecule has 0 heterocycles. The van der Waals surface area contributed by atoms with Gasteiger partial charge in [-0.3, -0.25) is 14.9 Å². The number of benzene rings is 1. The minimum Gasteiger partial charge on any atom is -0.341 e. The standard InChI is InChI=1S/C12H15BrN2O3/c1-9(13)7-8-14(2)12(16)10-5-3-4-6-11(10)15(17)18/h3-6,9H,7-8H2,1-2H3. The first-order valence-corrected chi connectivity index (χ1v) is 6.48. The molecule has 1 atom stereocenters. The largest absolute Gasteiger partial charge is 0.341 e. The number of rotatable bonds is 5. The monoisotopic (exact) mass is 314 g/mol. The van der Waals surface area contributed by atoms with Crippen molar-refractivity contribution in [2.24, 2.45) is 0 Å². The van der Waals surface area contributed by atoms with Crippen molar-refractivity contribution >= 4 is 27.5 Å². The van der Waals surface area contributed by atoms with E-state index in [0.29, 0.717) is 11.4 Å². The van der Waals surface area contributed by atoms with E-state index in [-0.39, 0.29) is 17.2 Å². The van der Waals surface area contributed by atoms with Gasteiger partial charge in [-0.1, -0.05) is 35.0 Å². The van der Waals surface area contributed by atoms with E-state index in [9.17, 15) is 14.9 Å². The van der Waals surface area contributed by atoms with E-state index in [4.69, 9.17) is 0 Å². The number of nitrogens with zero attached hydrogens (tertiary/aromatic N) is 2. The number of hydrogen-bond donors (Lipinski definition) is 0. The Bertz CT molecular complexity index is 449. The summed E-state index contributed by atoms with van der Waals surface area (Å²) in [6.45, 7) is 2.54. The summed E-state index contributed by atoms with van der Waals surface area (Å²) in [5.41, 5.74) is -0.0199. The number of nitro benzene ring substituents is 1. The van der Waals surface area contributed by atoms with Crippen molar-refractivity contribution in [3.8, 4) is 0 Å². The van der Waals surface area contributed by atoms with Gasteiger partial charge in [-0.25, -0.2) is 0 Å². The predicted molar refractivity (Wildman–Crippen MR) is 73.1 cm³/mol. The second-order valence-corrected chi connectivity index (χ2v) is 5.63. The lowest BCUT2D eigenvalue weighted by Gasteiger charge is -2.17. The highest BCUT2D eigenvalue weighted by Crippen LogP contribution is 2.19. The lowest BCUT2D eigenvalue weighted by molar-refractivity contribution is -0.385. The first-order chi connectivity index (χ1) is 8.43. The molecule has 0 aliphatic rings. The molecule has 6 heteroatoms. The zero-order chi connectivity index (χ0) is 13.7. The Morgan fingerprint density at radius 1 is 1.50 bits per heavy atom. The second kappa shape index (κ2) is 6.49. The lowest BCUT2D eigenvalue weighted by atomic mass is 10.1. The fourth-order valence-corrected chi connectivity index (χ4v) is 1.70. The number of carbonyl (C=O) groups is 1. The van der Waals surface area contributed by atoms with Gasteiger partial charge >= 0.3 is 0 Å². The summed E-state index contributed by atoms with van der Waals surface area (Å²) in [6.07, 6.45) is 0.795. The average molecular weight is 315 g/mol. The van der Waals surface area contributed by atoms with Gasteiger partial charge in [0.2, 0.25) is 0 Å². The molecule has 1 amide bonds. The molecule has 98 valence electrons. The summed E-state index contributed by atoms with van der Waals surface area (Å²) in [6, 6.07) is 6.00. The summed E-state index contributed by atoms with van der Waals surface area (Å²) in [5.74, 6) is -0.324. The van der Waals surface area contributed by atoms with Gasteiger partial charge in [-0.2, -0.15) is 0 Å². The van der Waals surface area contributed by atoms with E-state index < -0.39 is 4.92 Å². The van der Waals surface area contributed by atoms with Crippen LogP contribution in [0.4, 0.5) is 5.69 Å². The molecule has 0 radical (unpaired) electrons. The quantitative estimate of drug-likeness (QED) is 0.477. The van der Waals surface area contributed by atoms with Crippen molar-refractivity contribution in [3.05, 3.63) is 39.9 Å². The molecule has 0 spiro atoms. The van der Waals surface area contributed by atoms with Crippen LogP contribution in [0.5, 0.6) is 0 Å². The number of carbonyl (C=O) groups excluding carboxylic acids is 1. The maximum absolute atomic E-state index is 12.1. The molecule has 0 aromatic heterocycles. The molecule has 5 nitrogen and oxygen atoms in total. The van der Waals surface area contributed by atoms with E-state index in [1.165, 1.54) is 17.0 Å². The molecule has 1 rings (SSSR count). The molecular weight excluding hydrogens is 300 g/mol. The van der Waals surface area contributed by atoms with Crippen molar-refractivity contribution in [1.82, 2.24) is 4.90 Å². The van der Waals surface area contributed by atoms with Gasteiger partial charge in [-0.05, 0) is 12.5 Å². The number of para-hydroxylation sites is 1. The molecule has 0 aliphatic heterocycles. The fraction of sp³-hybridized carbons (Fsp3) is 0.417. The van der Waals surface area contributed by atoms with Crippen LogP contribution >= 0.6 is 15.9 Å². The van der Waals surface area contributed by atoms with Crippen molar-refractivity contribution in [2.45, 2.75) is 18.2 Å². The summed E-state index contributed by atoms with van der Waals surface area (Å²) in [4.78, 5) is 24.2. The third-order valence-corrected chi connectivity index (χ3v) is 3.00. The fourth-order valence-electron chi connectivity index (χ4n) is 1.49. The number of amides is 1. The maximum Gasteiger partial charge on any atom is 0.282 e. The summed E-state index contributed by atoms with van der Waals surface area (Å²) in [7, 11) is 1.65. The van der Waals surface area contributed by atoms with Crippen molar-refractivity contribution in [1.29, 1.82) is 0 Å². The Morgan fingerprint density at radius 3 is 2.67 bits per heavy atom. The smallest absolute Gasteiger partial charge is 0.282 e. The van der Waals surface area contributed by atoms with Gasteiger partial charge in [0, 0.05) is 24.5 Å². The topological polar surface area (TPSA) is 63.5 Å². The van der Waals surface area contributed by atoms with Crippen LogP contribution < -0.4 is 0 Å². The van der Waals surface area contributed by atoms with Crippen molar-refractivity contribution in [2.75, 3.05) is 13.6 Å². The molecule has 1 aromatic carbocycles. The van der Waals surface area contributed by atoms with E-state index in [1.54, 1.807) is 19.2 Å². The highest BCUT2D eigenvalue weighted by Gasteiger charge is 2.21. The molecule has 0 bridgehead atoms. The highest BCUT2D eigenvalue weighted by atomic mass is 79.9. The zero-order valence-corrected chi connectivity index (χ0v) is 11.9. The molecular formula is C12H15BrN2O3. The highest BCUT2D eigenvalue weighted by molar-refractivity contribution is 9.09. The lowest BCUT2D eigenvalue weighted by Crippen LogP contribution is -2.29. The first-order valence-electron chi connectivity index (χ1n) is 5.56. The van der Waals surface area contributed by atoms with Crippen LogP contribution in [0.3, 0.4) is 0 Å². The molecule has 18 heavy (non-hydrogen) atoms. The molecule has 0 saturated carbocycles. The third-order valence-electron chi connectivity index (χ3n) is 2.54. The molecule has 0 aliphatic carbocycles. The Morgan fingerprint density at radius 2 is 2.11 bits per heavy atom. The van der Waals surface area contributed by atoms with Gasteiger partial charge in [-0.15, -0.1) is 0 Å². The Labute approximate surface area is 114 Å². The van der Waals surface area contributed by atoms with E-state index in [2.05, 4.69) is 15.9 Å². The summed E-state index contributed by atoms with van der Waals surface area (Å²) >= 11 is 3.40. The number of nitro groups is 1. The van der Waals surface area contributed by atoms with Gasteiger partial charge < -0.3 is 4.90 Å². The number of alkyl halides is 1. The summed E-state index contributed by atoms with van der Waals surface area (Å²) in [5, 5.41) is 10.8. The second-order valence-electron chi connectivity index (χ2n) is 4.07. The Hall–Kier alpha value is -1.43. The van der Waals surface area contributed by atoms with E-state index in [0.717, 1.165) is 6.42 Å².